The van der Waals surface area contributed by atoms with Crippen LogP contribution in [0.1, 0.15) is 23.0 Å². The van der Waals surface area contributed by atoms with Gasteiger partial charge in [-0.2, -0.15) is 0 Å². The first-order valence-electron chi connectivity index (χ1n) is 8.65. The van der Waals surface area contributed by atoms with Crippen molar-refractivity contribution in [3.8, 4) is 22.6 Å². The molecule has 2 heterocycles. The van der Waals surface area contributed by atoms with Crippen LogP contribution in [0.5, 0.6) is 0 Å². The molecule has 0 N–H and O–H groups in total. The van der Waals surface area contributed by atoms with Gasteiger partial charge in [0.2, 0.25) is 0 Å². The first kappa shape index (κ1) is 18.0. The number of benzene rings is 1. The number of esters is 1. The second-order valence-electron chi connectivity index (χ2n) is 7.09. The fourth-order valence-electron chi connectivity index (χ4n) is 2.51. The average Bonchev–Trinajstić information content (AvgIpc) is 3.02. The van der Waals surface area contributed by atoms with Crippen LogP contribution >= 0.6 is 0 Å². The quantitative estimate of drug-likeness (QED) is 0.394. The molecule has 0 aliphatic heterocycles. The van der Waals surface area contributed by atoms with Gasteiger partial charge in [0.25, 0.3) is 0 Å². The monoisotopic (exact) mass is 362 g/mol. The molecule has 0 unspecified atom stereocenters. The molecule has 0 bridgehead atoms. The molecule has 0 aliphatic rings. The number of fused-ring (bicyclic) bond motifs is 1. The summed E-state index contributed by atoms with van der Waals surface area (Å²) in [6, 6.07) is 11.4. The van der Waals surface area contributed by atoms with E-state index >= 15 is 0 Å². The zero-order chi connectivity index (χ0) is 18.7. The number of carbonyl (C=O) groups is 1. The van der Waals surface area contributed by atoms with Crippen molar-refractivity contribution in [2.75, 3.05) is 6.61 Å². The van der Waals surface area contributed by atoms with E-state index in [0.717, 1.165) is 22.5 Å². The maximum absolute atomic E-state index is 11.8. The minimum Gasteiger partial charge on any atom is -0.462 e. The fourth-order valence-corrected chi connectivity index (χ4v) is 3.01. The highest BCUT2D eigenvalue weighted by Gasteiger charge is 2.10. The van der Waals surface area contributed by atoms with Crippen LogP contribution in [0.3, 0.4) is 0 Å². The zero-order valence-corrected chi connectivity index (χ0v) is 16.5. The Kier molecular flexibility index (Phi) is 4.96. The Bertz CT molecular complexity index is 1000. The molecule has 0 fully saturated rings. The lowest BCUT2D eigenvalue weighted by molar-refractivity contribution is 0.0526. The van der Waals surface area contributed by atoms with Gasteiger partial charge < -0.3 is 4.74 Å². The molecule has 0 saturated carbocycles. The number of aromatic nitrogens is 2. The highest BCUT2D eigenvalue weighted by molar-refractivity contribution is 6.83. The van der Waals surface area contributed by atoms with Crippen molar-refractivity contribution in [2.24, 2.45) is 0 Å². The third-order valence-corrected chi connectivity index (χ3v) is 4.68. The van der Waals surface area contributed by atoms with Crippen LogP contribution in [-0.4, -0.2) is 30.0 Å². The summed E-state index contributed by atoms with van der Waals surface area (Å²) in [7, 11) is -1.45. The molecule has 26 heavy (non-hydrogen) atoms. The van der Waals surface area contributed by atoms with Crippen molar-refractivity contribution < 1.29 is 9.53 Å². The third kappa shape index (κ3) is 4.03. The highest BCUT2D eigenvalue weighted by atomic mass is 28.3. The summed E-state index contributed by atoms with van der Waals surface area (Å²) in [5.41, 5.74) is 7.78. The van der Waals surface area contributed by atoms with Crippen molar-refractivity contribution in [3.63, 3.8) is 0 Å². The Balaban J connectivity index is 1.95. The van der Waals surface area contributed by atoms with E-state index in [9.17, 15) is 4.79 Å². The van der Waals surface area contributed by atoms with Gasteiger partial charge in [-0.1, -0.05) is 37.7 Å². The summed E-state index contributed by atoms with van der Waals surface area (Å²) in [5, 5.41) is 0. The Morgan fingerprint density at radius 2 is 1.81 bits per heavy atom. The summed E-state index contributed by atoms with van der Waals surface area (Å²) in [5.74, 6) is 2.98. The van der Waals surface area contributed by atoms with E-state index in [-0.39, 0.29) is 5.97 Å². The van der Waals surface area contributed by atoms with Crippen LogP contribution in [0.2, 0.25) is 19.6 Å². The SMILES string of the molecule is CCOC(=O)c1ccc(-c2ccc3ncc(C#C[Si](C)(C)C)n3c2)cc1. The first-order valence-corrected chi connectivity index (χ1v) is 12.2. The summed E-state index contributed by atoms with van der Waals surface area (Å²) in [4.78, 5) is 16.2. The normalized spacial score (nSPS) is 11.1. The molecule has 0 amide bonds. The van der Waals surface area contributed by atoms with Crippen LogP contribution < -0.4 is 0 Å². The van der Waals surface area contributed by atoms with Crippen LogP contribution in [-0.2, 0) is 4.74 Å². The maximum atomic E-state index is 11.8. The number of hydrogen-bond acceptors (Lipinski definition) is 3. The molecule has 1 aromatic carbocycles. The Morgan fingerprint density at radius 1 is 1.12 bits per heavy atom. The predicted octanol–water partition coefficient (Wildman–Crippen LogP) is 4.41. The van der Waals surface area contributed by atoms with Gasteiger partial charge in [-0.3, -0.25) is 4.40 Å². The minimum absolute atomic E-state index is 0.298. The van der Waals surface area contributed by atoms with Crippen molar-refractivity contribution in [2.45, 2.75) is 26.6 Å². The second kappa shape index (κ2) is 7.18. The fraction of sp³-hybridized carbons (Fsp3) is 0.238. The van der Waals surface area contributed by atoms with E-state index < -0.39 is 8.07 Å². The van der Waals surface area contributed by atoms with Gasteiger partial charge in [-0.15, -0.1) is 5.54 Å². The number of pyridine rings is 1. The Labute approximate surface area is 154 Å². The molecule has 5 heteroatoms. The van der Waals surface area contributed by atoms with Gasteiger partial charge in [-0.05, 0) is 42.3 Å². The number of carbonyl (C=O) groups excluding carboxylic acids is 1. The third-order valence-electron chi connectivity index (χ3n) is 3.80. The van der Waals surface area contributed by atoms with E-state index in [2.05, 4.69) is 36.1 Å². The number of imidazole rings is 1. The Morgan fingerprint density at radius 3 is 2.46 bits per heavy atom. The van der Waals surface area contributed by atoms with E-state index in [0.29, 0.717) is 12.2 Å². The molecule has 132 valence electrons. The lowest BCUT2D eigenvalue weighted by Gasteiger charge is -2.06. The number of nitrogens with zero attached hydrogens (tertiary/aromatic N) is 2. The van der Waals surface area contributed by atoms with Crippen molar-refractivity contribution >= 4 is 19.7 Å². The molecule has 0 atom stereocenters. The molecule has 4 nitrogen and oxygen atoms in total. The molecule has 3 aromatic rings. The van der Waals surface area contributed by atoms with Gasteiger partial charge in [0.05, 0.1) is 18.4 Å². The summed E-state index contributed by atoms with van der Waals surface area (Å²) in [6.07, 6.45) is 3.85. The first-order chi connectivity index (χ1) is 12.4. The highest BCUT2D eigenvalue weighted by Crippen LogP contribution is 2.21. The summed E-state index contributed by atoms with van der Waals surface area (Å²) in [6.45, 7) is 8.84. The maximum Gasteiger partial charge on any atom is 0.338 e. The average molecular weight is 363 g/mol. The van der Waals surface area contributed by atoms with Crippen LogP contribution in [0.25, 0.3) is 16.8 Å². The van der Waals surface area contributed by atoms with Crippen LogP contribution in [0.15, 0.2) is 48.8 Å². The van der Waals surface area contributed by atoms with Gasteiger partial charge in [0.15, 0.2) is 0 Å². The zero-order valence-electron chi connectivity index (χ0n) is 15.5. The topological polar surface area (TPSA) is 43.6 Å². The molecular weight excluding hydrogens is 340 g/mol. The second-order valence-corrected chi connectivity index (χ2v) is 11.8. The van der Waals surface area contributed by atoms with Gasteiger partial charge in [-0.25, -0.2) is 9.78 Å². The minimum atomic E-state index is -1.45. The smallest absolute Gasteiger partial charge is 0.338 e. The molecule has 3 rings (SSSR count). The molecule has 0 spiro atoms. The largest absolute Gasteiger partial charge is 0.462 e. The van der Waals surface area contributed by atoms with Gasteiger partial charge in [0.1, 0.15) is 19.4 Å². The summed E-state index contributed by atoms with van der Waals surface area (Å²) < 4.78 is 7.04. The Hall–Kier alpha value is -2.84. The van der Waals surface area contributed by atoms with Gasteiger partial charge in [0, 0.05) is 6.20 Å². The van der Waals surface area contributed by atoms with Gasteiger partial charge >= 0.3 is 5.97 Å². The molecule has 2 aromatic heterocycles. The lowest BCUT2D eigenvalue weighted by Crippen LogP contribution is -2.16. The van der Waals surface area contributed by atoms with E-state index in [1.165, 1.54) is 0 Å². The molecule has 0 radical (unpaired) electrons. The molecule has 0 aliphatic carbocycles. The van der Waals surface area contributed by atoms with E-state index in [1.807, 2.05) is 41.1 Å². The van der Waals surface area contributed by atoms with Crippen LogP contribution in [0.4, 0.5) is 0 Å². The van der Waals surface area contributed by atoms with Crippen molar-refractivity contribution in [3.05, 3.63) is 60.0 Å². The van der Waals surface area contributed by atoms with Crippen molar-refractivity contribution in [1.29, 1.82) is 0 Å². The summed E-state index contributed by atoms with van der Waals surface area (Å²) >= 11 is 0. The molecular formula is C21H22N2O2Si. The standard InChI is InChI=1S/C21H22N2O2Si/c1-5-25-21(24)17-8-6-16(7-9-17)18-10-11-20-22-14-19(23(20)15-18)12-13-26(2,3)4/h6-11,14-15H,5H2,1-4H3. The van der Waals surface area contributed by atoms with E-state index in [1.54, 1.807) is 19.1 Å². The number of hydrogen-bond donors (Lipinski definition) is 0. The predicted molar refractivity (Wildman–Crippen MR) is 107 cm³/mol. The van der Waals surface area contributed by atoms with Crippen LogP contribution in [0, 0.1) is 11.5 Å². The number of rotatable bonds is 3. The van der Waals surface area contributed by atoms with E-state index in [4.69, 9.17) is 4.74 Å². The number of ether oxygens (including phenoxy) is 1. The lowest BCUT2D eigenvalue weighted by atomic mass is 10.1. The molecule has 0 saturated heterocycles. The van der Waals surface area contributed by atoms with Crippen molar-refractivity contribution in [1.82, 2.24) is 9.38 Å².